The minimum absolute atomic E-state index is 0. The fraction of sp³-hybridized carbons (Fsp3) is 0.474. The summed E-state index contributed by atoms with van der Waals surface area (Å²) in [4.78, 5) is 13.0. The summed E-state index contributed by atoms with van der Waals surface area (Å²) >= 11 is 0. The fourth-order valence-corrected chi connectivity index (χ4v) is 3.50. The number of carbonyl (C=O) groups is 1. The van der Waals surface area contributed by atoms with Crippen LogP contribution in [0.25, 0.3) is 0 Å². The number of rotatable bonds is 7. The molecule has 2 N–H and O–H groups in total. The first-order valence-electron chi connectivity index (χ1n) is 8.76. The number of amides is 1. The average molecular weight is 379 g/mol. The van der Waals surface area contributed by atoms with Crippen LogP contribution in [0.2, 0.25) is 0 Å². The second-order valence-corrected chi connectivity index (χ2v) is 6.70. The first-order chi connectivity index (χ1) is 12.2. The Morgan fingerprint density at radius 3 is 2.65 bits per heavy atom. The van der Waals surface area contributed by atoms with Gasteiger partial charge in [0.1, 0.15) is 0 Å². The summed E-state index contributed by atoms with van der Waals surface area (Å²) in [6.45, 7) is 3.19. The van der Waals surface area contributed by atoms with Crippen LogP contribution in [0.5, 0.6) is 0 Å². The predicted octanol–water partition coefficient (Wildman–Crippen LogP) is 2.03. The highest BCUT2D eigenvalue weighted by Crippen LogP contribution is 2.28. The monoisotopic (exact) mass is 378 g/mol. The van der Waals surface area contributed by atoms with Crippen LogP contribution in [0, 0.1) is 5.41 Å². The molecule has 1 aromatic carbocycles. The summed E-state index contributed by atoms with van der Waals surface area (Å²) in [5.41, 5.74) is 0.927. The molecule has 6 nitrogen and oxygen atoms in total. The Hall–Kier alpha value is -1.89. The van der Waals surface area contributed by atoms with Crippen molar-refractivity contribution >= 4 is 18.3 Å². The second kappa shape index (κ2) is 9.71. The molecule has 3 rings (SSSR count). The summed E-state index contributed by atoms with van der Waals surface area (Å²) < 4.78 is 7.14. The van der Waals surface area contributed by atoms with Crippen molar-refractivity contribution in [3.8, 4) is 0 Å². The van der Waals surface area contributed by atoms with Gasteiger partial charge >= 0.3 is 0 Å². The number of benzene rings is 1. The van der Waals surface area contributed by atoms with Crippen LogP contribution in [-0.4, -0.2) is 49.0 Å². The first kappa shape index (κ1) is 20.4. The molecule has 1 fully saturated rings. The number of hydrogen-bond acceptors (Lipinski definition) is 4. The molecule has 1 aliphatic heterocycles. The third-order valence-electron chi connectivity index (χ3n) is 4.91. The minimum atomic E-state index is -0.461. The molecule has 26 heavy (non-hydrogen) atoms. The number of ether oxygens (including phenoxy) is 1. The largest absolute Gasteiger partial charge is 0.384 e. The number of carbonyl (C=O) groups excluding carboxylic acids is 1. The maximum atomic E-state index is 13.0. The van der Waals surface area contributed by atoms with Crippen molar-refractivity contribution in [3.63, 3.8) is 0 Å². The highest BCUT2D eigenvalue weighted by atomic mass is 35.5. The molecular formula is C19H27ClN4O2. The fourth-order valence-electron chi connectivity index (χ4n) is 3.50. The molecule has 1 amide bonds. The van der Waals surface area contributed by atoms with Crippen molar-refractivity contribution in [2.45, 2.75) is 18.9 Å². The van der Waals surface area contributed by atoms with E-state index in [1.165, 1.54) is 0 Å². The minimum Gasteiger partial charge on any atom is -0.384 e. The first-order valence-corrected chi connectivity index (χ1v) is 8.76. The quantitative estimate of drug-likeness (QED) is 0.773. The molecule has 142 valence electrons. The van der Waals surface area contributed by atoms with Gasteiger partial charge < -0.3 is 15.4 Å². The van der Waals surface area contributed by atoms with Gasteiger partial charge in [0.2, 0.25) is 5.91 Å². The molecule has 0 aliphatic carbocycles. The summed E-state index contributed by atoms with van der Waals surface area (Å²) in [6, 6.07) is 11.1. The Kier molecular flexibility index (Phi) is 7.63. The molecule has 0 saturated carbocycles. The molecule has 2 aromatic rings. The molecule has 0 bridgehead atoms. The Morgan fingerprint density at radius 1 is 1.31 bits per heavy atom. The summed E-state index contributed by atoms with van der Waals surface area (Å²) in [6.07, 6.45) is 5.52. The molecular weight excluding hydrogens is 352 g/mol. The maximum absolute atomic E-state index is 13.0. The number of aromatic nitrogens is 2. The SMILES string of the molecule is COCC1(CNC(=O)C(c2ccccc2)n2cccn2)CCNCC1.Cl. The van der Waals surface area contributed by atoms with Crippen LogP contribution in [-0.2, 0) is 9.53 Å². The lowest BCUT2D eigenvalue weighted by Gasteiger charge is -2.37. The molecule has 0 spiro atoms. The molecule has 1 aliphatic rings. The number of hydrogen-bond donors (Lipinski definition) is 2. The normalized spacial score (nSPS) is 17.1. The molecule has 1 aromatic heterocycles. The lowest BCUT2D eigenvalue weighted by atomic mass is 9.79. The zero-order valence-corrected chi connectivity index (χ0v) is 15.9. The molecule has 2 heterocycles. The van der Waals surface area contributed by atoms with Gasteiger partial charge in [-0.05, 0) is 37.6 Å². The van der Waals surface area contributed by atoms with Gasteiger partial charge in [-0.25, -0.2) is 0 Å². The van der Waals surface area contributed by atoms with Crippen molar-refractivity contribution in [2.75, 3.05) is 33.4 Å². The van der Waals surface area contributed by atoms with Gasteiger partial charge in [0, 0.05) is 31.5 Å². The van der Waals surface area contributed by atoms with Crippen molar-refractivity contribution in [3.05, 3.63) is 54.4 Å². The molecule has 7 heteroatoms. The van der Waals surface area contributed by atoms with Gasteiger partial charge in [-0.2, -0.15) is 5.10 Å². The third kappa shape index (κ3) is 4.84. The van der Waals surface area contributed by atoms with Crippen molar-refractivity contribution < 1.29 is 9.53 Å². The number of nitrogens with one attached hydrogen (secondary N) is 2. The number of piperidine rings is 1. The lowest BCUT2D eigenvalue weighted by molar-refractivity contribution is -0.124. The molecule has 0 radical (unpaired) electrons. The van der Waals surface area contributed by atoms with Crippen LogP contribution in [0.3, 0.4) is 0 Å². The second-order valence-electron chi connectivity index (χ2n) is 6.70. The predicted molar refractivity (Wildman–Crippen MR) is 103 cm³/mol. The van der Waals surface area contributed by atoms with E-state index in [9.17, 15) is 4.79 Å². The zero-order chi connectivity index (χ0) is 17.5. The molecule has 1 saturated heterocycles. The van der Waals surface area contributed by atoms with Crippen molar-refractivity contribution in [2.24, 2.45) is 5.41 Å². The van der Waals surface area contributed by atoms with Crippen LogP contribution in [0.15, 0.2) is 48.8 Å². The number of nitrogens with zero attached hydrogens (tertiary/aromatic N) is 2. The van der Waals surface area contributed by atoms with Gasteiger partial charge in [0.05, 0.1) is 6.61 Å². The smallest absolute Gasteiger partial charge is 0.249 e. The summed E-state index contributed by atoms with van der Waals surface area (Å²) in [7, 11) is 1.72. The van der Waals surface area contributed by atoms with Crippen LogP contribution < -0.4 is 10.6 Å². The standard InChI is InChI=1S/C19H26N4O2.ClH/c1-25-15-19(8-11-20-12-9-19)14-21-18(24)17(23-13-5-10-22-23)16-6-3-2-4-7-16;/h2-7,10,13,17,20H,8-9,11-12,14-15H2,1H3,(H,21,24);1H. The third-order valence-corrected chi connectivity index (χ3v) is 4.91. The average Bonchev–Trinajstić information content (AvgIpc) is 3.16. The van der Waals surface area contributed by atoms with Crippen molar-refractivity contribution in [1.82, 2.24) is 20.4 Å². The number of methoxy groups -OCH3 is 1. The van der Waals surface area contributed by atoms with E-state index in [0.29, 0.717) is 13.2 Å². The highest BCUT2D eigenvalue weighted by molar-refractivity contribution is 5.85. The topological polar surface area (TPSA) is 68.2 Å². The van der Waals surface area contributed by atoms with Crippen LogP contribution in [0.1, 0.15) is 24.4 Å². The van der Waals surface area contributed by atoms with E-state index >= 15 is 0 Å². The van der Waals surface area contributed by atoms with Gasteiger partial charge in [0.25, 0.3) is 0 Å². The Balaban J connectivity index is 0.00000243. The zero-order valence-electron chi connectivity index (χ0n) is 15.1. The Bertz CT molecular complexity index is 652. The summed E-state index contributed by atoms with van der Waals surface area (Å²) in [5, 5.41) is 10.8. The Labute approximate surface area is 160 Å². The lowest BCUT2D eigenvalue weighted by Crippen LogP contribution is -2.48. The molecule has 1 unspecified atom stereocenters. The van der Waals surface area contributed by atoms with E-state index in [2.05, 4.69) is 15.7 Å². The summed E-state index contributed by atoms with van der Waals surface area (Å²) in [5.74, 6) is -0.0380. The van der Waals surface area contributed by atoms with Gasteiger partial charge in [-0.3, -0.25) is 9.48 Å². The van der Waals surface area contributed by atoms with E-state index in [4.69, 9.17) is 4.74 Å². The highest BCUT2D eigenvalue weighted by Gasteiger charge is 2.33. The van der Waals surface area contributed by atoms with Crippen LogP contribution in [0.4, 0.5) is 0 Å². The van der Waals surface area contributed by atoms with E-state index in [-0.39, 0.29) is 23.7 Å². The van der Waals surface area contributed by atoms with E-state index in [1.54, 1.807) is 18.0 Å². The van der Waals surface area contributed by atoms with Gasteiger partial charge in [-0.15, -0.1) is 12.4 Å². The maximum Gasteiger partial charge on any atom is 0.249 e. The van der Waals surface area contributed by atoms with Gasteiger partial charge in [-0.1, -0.05) is 30.3 Å². The van der Waals surface area contributed by atoms with E-state index < -0.39 is 6.04 Å². The Morgan fingerprint density at radius 2 is 2.04 bits per heavy atom. The van der Waals surface area contributed by atoms with E-state index in [0.717, 1.165) is 31.5 Å². The van der Waals surface area contributed by atoms with Crippen LogP contribution >= 0.6 is 12.4 Å². The number of halogens is 1. The van der Waals surface area contributed by atoms with Gasteiger partial charge in [0.15, 0.2) is 6.04 Å². The van der Waals surface area contributed by atoms with Crippen molar-refractivity contribution in [1.29, 1.82) is 0 Å². The van der Waals surface area contributed by atoms with E-state index in [1.807, 2.05) is 42.6 Å². The molecule has 1 atom stereocenters.